The maximum atomic E-state index is 9.96. The molecule has 0 spiro atoms. The molecule has 2 nitrogen and oxygen atoms in total. The highest BCUT2D eigenvalue weighted by Gasteiger charge is 2.14. The van der Waals surface area contributed by atoms with Gasteiger partial charge in [0.05, 0.1) is 17.7 Å². The smallest absolute Gasteiger partial charge is 0.0991 e. The van der Waals surface area contributed by atoms with E-state index in [1.54, 1.807) is 12.1 Å². The van der Waals surface area contributed by atoms with Crippen LogP contribution in [0.1, 0.15) is 50.8 Å². The molecule has 1 atom stereocenters. The Balaban J connectivity index is 2.60. The molecule has 1 rings (SSSR count). The second-order valence-corrected chi connectivity index (χ2v) is 5.35. The molecule has 0 aliphatic heterocycles. The first-order chi connectivity index (χ1) is 7.42. The highest BCUT2D eigenvalue weighted by molar-refractivity contribution is 5.32. The summed E-state index contributed by atoms with van der Waals surface area (Å²) in [4.78, 5) is 0. The van der Waals surface area contributed by atoms with Gasteiger partial charge in [-0.1, -0.05) is 32.9 Å². The van der Waals surface area contributed by atoms with Crippen LogP contribution in [0, 0.1) is 16.7 Å². The Bertz CT molecular complexity index is 367. The zero-order valence-electron chi connectivity index (χ0n) is 10.2. The zero-order chi connectivity index (χ0) is 12.2. The Morgan fingerprint density at radius 3 is 2.25 bits per heavy atom. The maximum Gasteiger partial charge on any atom is 0.0991 e. The molecule has 1 aromatic rings. The Labute approximate surface area is 97.5 Å². The molecule has 2 heteroatoms. The first-order valence-electron chi connectivity index (χ1n) is 5.60. The number of benzene rings is 1. The van der Waals surface area contributed by atoms with Crippen LogP contribution >= 0.6 is 0 Å². The van der Waals surface area contributed by atoms with Gasteiger partial charge in [-0.05, 0) is 36.0 Å². The normalized spacial score (nSPS) is 13.2. The molecule has 0 saturated heterocycles. The SMILES string of the molecule is CC(C)(C)CCC(O)c1ccc(C#N)cc1. The fourth-order valence-electron chi connectivity index (χ4n) is 1.52. The minimum Gasteiger partial charge on any atom is -0.388 e. The van der Waals surface area contributed by atoms with Gasteiger partial charge in [-0.15, -0.1) is 0 Å². The number of hydrogen-bond acceptors (Lipinski definition) is 2. The monoisotopic (exact) mass is 217 g/mol. The summed E-state index contributed by atoms with van der Waals surface area (Å²) in [5.74, 6) is 0. The second kappa shape index (κ2) is 5.14. The molecule has 1 N–H and O–H groups in total. The number of nitriles is 1. The zero-order valence-corrected chi connectivity index (χ0v) is 10.2. The van der Waals surface area contributed by atoms with Crippen LogP contribution in [0.5, 0.6) is 0 Å². The van der Waals surface area contributed by atoms with Crippen LogP contribution in [0.3, 0.4) is 0 Å². The lowest BCUT2D eigenvalue weighted by Crippen LogP contribution is -2.08. The summed E-state index contributed by atoms with van der Waals surface area (Å²) in [6.45, 7) is 6.50. The first kappa shape index (κ1) is 12.7. The van der Waals surface area contributed by atoms with Crippen LogP contribution in [0.2, 0.25) is 0 Å². The van der Waals surface area contributed by atoms with Crippen molar-refractivity contribution in [1.82, 2.24) is 0 Å². The average Bonchev–Trinajstić information content (AvgIpc) is 2.25. The van der Waals surface area contributed by atoms with E-state index in [2.05, 4.69) is 26.8 Å². The van der Waals surface area contributed by atoms with Gasteiger partial charge in [-0.2, -0.15) is 5.26 Å². The Kier molecular flexibility index (Phi) is 4.09. The van der Waals surface area contributed by atoms with Crippen molar-refractivity contribution in [2.24, 2.45) is 5.41 Å². The average molecular weight is 217 g/mol. The summed E-state index contributed by atoms with van der Waals surface area (Å²) in [5, 5.41) is 18.6. The number of nitrogens with zero attached hydrogens (tertiary/aromatic N) is 1. The summed E-state index contributed by atoms with van der Waals surface area (Å²) in [6.07, 6.45) is 1.32. The lowest BCUT2D eigenvalue weighted by Gasteiger charge is -2.20. The van der Waals surface area contributed by atoms with E-state index >= 15 is 0 Å². The van der Waals surface area contributed by atoms with Crippen molar-refractivity contribution in [2.45, 2.75) is 39.7 Å². The quantitative estimate of drug-likeness (QED) is 0.843. The molecule has 1 aromatic carbocycles. The summed E-state index contributed by atoms with van der Waals surface area (Å²) >= 11 is 0. The van der Waals surface area contributed by atoms with Gasteiger partial charge in [0.2, 0.25) is 0 Å². The lowest BCUT2D eigenvalue weighted by molar-refractivity contribution is 0.147. The van der Waals surface area contributed by atoms with Gasteiger partial charge in [0.1, 0.15) is 0 Å². The number of aliphatic hydroxyl groups excluding tert-OH is 1. The van der Waals surface area contributed by atoms with E-state index < -0.39 is 6.10 Å². The first-order valence-corrected chi connectivity index (χ1v) is 5.60. The van der Waals surface area contributed by atoms with Gasteiger partial charge >= 0.3 is 0 Å². The highest BCUT2D eigenvalue weighted by atomic mass is 16.3. The van der Waals surface area contributed by atoms with Crippen LogP contribution in [0.15, 0.2) is 24.3 Å². The Morgan fingerprint density at radius 2 is 1.81 bits per heavy atom. The van der Waals surface area contributed by atoms with Crippen molar-refractivity contribution in [2.75, 3.05) is 0 Å². The minimum absolute atomic E-state index is 0.244. The van der Waals surface area contributed by atoms with E-state index in [1.165, 1.54) is 0 Å². The topological polar surface area (TPSA) is 44.0 Å². The largest absolute Gasteiger partial charge is 0.388 e. The minimum atomic E-state index is -0.424. The number of hydrogen-bond donors (Lipinski definition) is 1. The molecule has 0 aliphatic carbocycles. The van der Waals surface area contributed by atoms with Gasteiger partial charge in [0.25, 0.3) is 0 Å². The summed E-state index contributed by atoms with van der Waals surface area (Å²) < 4.78 is 0. The van der Waals surface area contributed by atoms with Gasteiger partial charge < -0.3 is 5.11 Å². The van der Waals surface area contributed by atoms with Crippen molar-refractivity contribution in [3.63, 3.8) is 0 Å². The van der Waals surface area contributed by atoms with Crippen molar-refractivity contribution < 1.29 is 5.11 Å². The van der Waals surface area contributed by atoms with Gasteiger partial charge in [0, 0.05) is 0 Å². The van der Waals surface area contributed by atoms with E-state index in [4.69, 9.17) is 5.26 Å². The molecule has 0 heterocycles. The predicted molar refractivity (Wildman–Crippen MR) is 64.8 cm³/mol. The number of aliphatic hydroxyl groups is 1. The molecule has 16 heavy (non-hydrogen) atoms. The molecule has 1 unspecified atom stereocenters. The Morgan fingerprint density at radius 1 is 1.25 bits per heavy atom. The van der Waals surface area contributed by atoms with Crippen LogP contribution < -0.4 is 0 Å². The van der Waals surface area contributed by atoms with E-state index in [1.807, 2.05) is 12.1 Å². The molecule has 0 aliphatic rings. The summed E-state index contributed by atoms with van der Waals surface area (Å²) in [6, 6.07) is 9.21. The van der Waals surface area contributed by atoms with Crippen LogP contribution in [-0.4, -0.2) is 5.11 Å². The molecular weight excluding hydrogens is 198 g/mol. The maximum absolute atomic E-state index is 9.96. The van der Waals surface area contributed by atoms with E-state index in [0.29, 0.717) is 5.56 Å². The summed E-state index contributed by atoms with van der Waals surface area (Å²) in [7, 11) is 0. The fourth-order valence-corrected chi connectivity index (χ4v) is 1.52. The van der Waals surface area contributed by atoms with E-state index in [-0.39, 0.29) is 5.41 Å². The van der Waals surface area contributed by atoms with Crippen molar-refractivity contribution in [3.05, 3.63) is 35.4 Å². The van der Waals surface area contributed by atoms with Crippen LogP contribution in [-0.2, 0) is 0 Å². The third-order valence-electron chi connectivity index (χ3n) is 2.59. The van der Waals surface area contributed by atoms with Crippen molar-refractivity contribution in [3.8, 4) is 6.07 Å². The molecule has 0 bridgehead atoms. The second-order valence-electron chi connectivity index (χ2n) is 5.35. The lowest BCUT2D eigenvalue weighted by atomic mass is 9.88. The standard InChI is InChI=1S/C14H19NO/c1-14(2,3)9-8-13(16)12-6-4-11(10-15)5-7-12/h4-7,13,16H,8-9H2,1-3H3. The molecule has 0 fully saturated rings. The summed E-state index contributed by atoms with van der Waals surface area (Å²) in [5.41, 5.74) is 1.77. The van der Waals surface area contributed by atoms with E-state index in [9.17, 15) is 5.11 Å². The third kappa shape index (κ3) is 4.04. The van der Waals surface area contributed by atoms with Crippen molar-refractivity contribution >= 4 is 0 Å². The fraction of sp³-hybridized carbons (Fsp3) is 0.500. The molecule has 0 saturated carbocycles. The molecule has 0 amide bonds. The highest BCUT2D eigenvalue weighted by Crippen LogP contribution is 2.27. The van der Waals surface area contributed by atoms with E-state index in [0.717, 1.165) is 18.4 Å². The van der Waals surface area contributed by atoms with Crippen molar-refractivity contribution in [1.29, 1.82) is 5.26 Å². The van der Waals surface area contributed by atoms with Crippen LogP contribution in [0.25, 0.3) is 0 Å². The molecule has 0 radical (unpaired) electrons. The Hall–Kier alpha value is -1.33. The van der Waals surface area contributed by atoms with Gasteiger partial charge in [-0.25, -0.2) is 0 Å². The van der Waals surface area contributed by atoms with Gasteiger partial charge in [0.15, 0.2) is 0 Å². The number of rotatable bonds is 3. The molecule has 86 valence electrons. The third-order valence-corrected chi connectivity index (χ3v) is 2.59. The predicted octanol–water partition coefficient (Wildman–Crippen LogP) is 3.42. The van der Waals surface area contributed by atoms with Gasteiger partial charge in [-0.3, -0.25) is 0 Å². The molecule has 0 aromatic heterocycles. The van der Waals surface area contributed by atoms with Crippen LogP contribution in [0.4, 0.5) is 0 Å². The molecular formula is C14H19NO.